The summed E-state index contributed by atoms with van der Waals surface area (Å²) in [5.41, 5.74) is 1.51. The van der Waals surface area contributed by atoms with Gasteiger partial charge in [0.2, 0.25) is 0 Å². The van der Waals surface area contributed by atoms with Crippen molar-refractivity contribution in [2.75, 3.05) is 45.8 Å². The minimum Gasteiger partial charge on any atom is -0.385 e. The standard InChI is InChI=1S/C20H24N4O4S2/c1-13-5-6-16-22-17(21-7-10-28-3)14(18(25)24(16)12-13)11-15-19(26)23(20(29)30-15)8-4-9-27-2/h5-6,11-12,21H,4,7-10H2,1-3H3/b15-11+. The van der Waals surface area contributed by atoms with E-state index in [9.17, 15) is 9.59 Å². The number of hydrogen-bond donors (Lipinski definition) is 1. The van der Waals surface area contributed by atoms with Crippen molar-refractivity contribution in [3.05, 3.63) is 44.7 Å². The molecule has 0 unspecified atom stereocenters. The second-order valence-electron chi connectivity index (χ2n) is 6.71. The van der Waals surface area contributed by atoms with Crippen molar-refractivity contribution >= 4 is 51.7 Å². The van der Waals surface area contributed by atoms with E-state index in [-0.39, 0.29) is 11.5 Å². The van der Waals surface area contributed by atoms with E-state index in [1.165, 1.54) is 16.2 Å². The number of fused-ring (bicyclic) bond motifs is 1. The van der Waals surface area contributed by atoms with Crippen LogP contribution in [0.15, 0.2) is 28.0 Å². The zero-order valence-electron chi connectivity index (χ0n) is 17.1. The zero-order chi connectivity index (χ0) is 21.7. The van der Waals surface area contributed by atoms with Crippen LogP contribution >= 0.6 is 24.0 Å². The van der Waals surface area contributed by atoms with Crippen molar-refractivity contribution in [1.29, 1.82) is 0 Å². The number of nitrogens with one attached hydrogen (secondary N) is 1. The number of rotatable bonds is 9. The summed E-state index contributed by atoms with van der Waals surface area (Å²) < 4.78 is 12.1. The van der Waals surface area contributed by atoms with Crippen LogP contribution in [0.2, 0.25) is 0 Å². The maximum Gasteiger partial charge on any atom is 0.267 e. The number of amides is 1. The molecule has 1 fully saturated rings. The van der Waals surface area contributed by atoms with E-state index in [0.717, 1.165) is 5.56 Å². The van der Waals surface area contributed by atoms with E-state index >= 15 is 0 Å². The number of hydrogen-bond acceptors (Lipinski definition) is 8. The zero-order valence-corrected chi connectivity index (χ0v) is 18.8. The molecule has 1 amide bonds. The Kier molecular flexibility index (Phi) is 7.59. The highest BCUT2D eigenvalue weighted by Gasteiger charge is 2.32. The fraction of sp³-hybridized carbons (Fsp3) is 0.400. The monoisotopic (exact) mass is 448 g/mol. The molecule has 160 valence electrons. The summed E-state index contributed by atoms with van der Waals surface area (Å²) in [5.74, 6) is 0.197. The number of pyridine rings is 1. The minimum absolute atomic E-state index is 0.210. The molecule has 3 heterocycles. The van der Waals surface area contributed by atoms with Crippen molar-refractivity contribution in [3.63, 3.8) is 0 Å². The first-order valence-corrected chi connectivity index (χ1v) is 10.7. The molecule has 0 radical (unpaired) electrons. The predicted molar refractivity (Wildman–Crippen MR) is 123 cm³/mol. The van der Waals surface area contributed by atoms with Gasteiger partial charge >= 0.3 is 0 Å². The number of thiocarbonyl (C=S) groups is 1. The van der Waals surface area contributed by atoms with Gasteiger partial charge in [-0.05, 0) is 31.1 Å². The molecule has 0 atom stereocenters. The van der Waals surface area contributed by atoms with Crippen LogP contribution in [-0.2, 0) is 14.3 Å². The first kappa shape index (κ1) is 22.4. The molecule has 3 rings (SSSR count). The molecule has 8 nitrogen and oxygen atoms in total. The number of methoxy groups -OCH3 is 2. The van der Waals surface area contributed by atoms with Gasteiger partial charge in [0.15, 0.2) is 0 Å². The average molecular weight is 449 g/mol. The quantitative estimate of drug-likeness (QED) is 0.355. The second-order valence-corrected chi connectivity index (χ2v) is 8.39. The molecule has 1 aliphatic heterocycles. The highest BCUT2D eigenvalue weighted by Crippen LogP contribution is 2.33. The Morgan fingerprint density at radius 3 is 2.73 bits per heavy atom. The lowest BCUT2D eigenvalue weighted by Gasteiger charge is -2.13. The third-order valence-corrected chi connectivity index (χ3v) is 5.86. The van der Waals surface area contributed by atoms with Crippen LogP contribution in [0, 0.1) is 6.92 Å². The van der Waals surface area contributed by atoms with E-state index in [2.05, 4.69) is 10.3 Å². The van der Waals surface area contributed by atoms with Gasteiger partial charge in [-0.25, -0.2) is 4.98 Å². The molecule has 30 heavy (non-hydrogen) atoms. The Hall–Kier alpha value is -2.27. The Balaban J connectivity index is 2.01. The van der Waals surface area contributed by atoms with Crippen LogP contribution in [0.25, 0.3) is 11.7 Å². The lowest BCUT2D eigenvalue weighted by molar-refractivity contribution is -0.122. The van der Waals surface area contributed by atoms with Crippen molar-refractivity contribution in [1.82, 2.24) is 14.3 Å². The molecule has 0 aromatic carbocycles. The number of carbonyl (C=O) groups excluding carboxylic acids is 1. The SMILES string of the molecule is COCCCN1C(=O)/C(=C\c2c(NCCOC)nc3ccc(C)cn3c2=O)SC1=S. The largest absolute Gasteiger partial charge is 0.385 e. The summed E-state index contributed by atoms with van der Waals surface area (Å²) in [6.45, 7) is 3.85. The number of ether oxygens (including phenoxy) is 2. The first-order valence-electron chi connectivity index (χ1n) is 9.46. The summed E-state index contributed by atoms with van der Waals surface area (Å²) in [5, 5.41) is 3.14. The molecule has 1 aliphatic rings. The molecule has 2 aromatic heterocycles. The summed E-state index contributed by atoms with van der Waals surface area (Å²) in [6, 6.07) is 3.68. The van der Waals surface area contributed by atoms with E-state index < -0.39 is 0 Å². The van der Waals surface area contributed by atoms with E-state index in [1.807, 2.05) is 13.0 Å². The fourth-order valence-corrected chi connectivity index (χ4v) is 4.28. The normalized spacial score (nSPS) is 15.6. The Morgan fingerprint density at radius 2 is 2.00 bits per heavy atom. The highest BCUT2D eigenvalue weighted by atomic mass is 32.2. The van der Waals surface area contributed by atoms with Gasteiger partial charge in [0, 0.05) is 40.1 Å². The first-order chi connectivity index (χ1) is 14.5. The summed E-state index contributed by atoms with van der Waals surface area (Å²) in [7, 11) is 3.22. The third kappa shape index (κ3) is 4.89. The molecule has 1 saturated heterocycles. The highest BCUT2D eigenvalue weighted by molar-refractivity contribution is 8.26. The second kappa shape index (κ2) is 10.2. The van der Waals surface area contributed by atoms with Crippen molar-refractivity contribution in [2.45, 2.75) is 13.3 Å². The van der Waals surface area contributed by atoms with Crippen molar-refractivity contribution in [2.24, 2.45) is 0 Å². The number of nitrogens with zero attached hydrogens (tertiary/aromatic N) is 3. The third-order valence-electron chi connectivity index (χ3n) is 4.48. The fourth-order valence-electron chi connectivity index (χ4n) is 2.99. The van der Waals surface area contributed by atoms with Gasteiger partial charge in [-0.3, -0.25) is 18.9 Å². The van der Waals surface area contributed by atoms with Gasteiger partial charge < -0.3 is 14.8 Å². The van der Waals surface area contributed by atoms with Gasteiger partial charge in [0.05, 0.1) is 17.1 Å². The van der Waals surface area contributed by atoms with E-state index in [1.54, 1.807) is 37.5 Å². The lowest BCUT2D eigenvalue weighted by Crippen LogP contribution is -2.29. The lowest BCUT2D eigenvalue weighted by atomic mass is 10.2. The maximum absolute atomic E-state index is 13.2. The number of anilines is 1. The van der Waals surface area contributed by atoms with Gasteiger partial charge in [-0.2, -0.15) is 0 Å². The van der Waals surface area contributed by atoms with Gasteiger partial charge in [-0.15, -0.1) is 0 Å². The van der Waals surface area contributed by atoms with E-state index in [4.69, 9.17) is 21.7 Å². The predicted octanol–water partition coefficient (Wildman–Crippen LogP) is 2.30. The summed E-state index contributed by atoms with van der Waals surface area (Å²) in [4.78, 5) is 32.6. The van der Waals surface area contributed by atoms with Gasteiger partial charge in [-0.1, -0.05) is 30.0 Å². The minimum atomic E-state index is -0.256. The average Bonchev–Trinajstić information content (AvgIpc) is 2.99. The number of thioether (sulfide) groups is 1. The van der Waals surface area contributed by atoms with Crippen LogP contribution in [0.4, 0.5) is 5.82 Å². The van der Waals surface area contributed by atoms with Gasteiger partial charge in [0.1, 0.15) is 15.8 Å². The Labute approximate surface area is 184 Å². The van der Waals surface area contributed by atoms with Crippen LogP contribution in [0.5, 0.6) is 0 Å². The summed E-state index contributed by atoms with van der Waals surface area (Å²) >= 11 is 6.55. The number of aryl methyl sites for hydroxylation is 1. The molecule has 0 saturated carbocycles. The maximum atomic E-state index is 13.2. The molecule has 0 spiro atoms. The number of carbonyl (C=O) groups is 1. The molecule has 1 N–H and O–H groups in total. The molecular weight excluding hydrogens is 424 g/mol. The van der Waals surface area contributed by atoms with E-state index in [0.29, 0.717) is 59.0 Å². The summed E-state index contributed by atoms with van der Waals surface area (Å²) in [6.07, 6.45) is 3.99. The topological polar surface area (TPSA) is 85.2 Å². The molecule has 10 heteroatoms. The van der Waals surface area contributed by atoms with Crippen molar-refractivity contribution in [3.8, 4) is 0 Å². The Morgan fingerprint density at radius 1 is 1.23 bits per heavy atom. The van der Waals surface area contributed by atoms with Crippen molar-refractivity contribution < 1.29 is 14.3 Å². The van der Waals surface area contributed by atoms with Crippen LogP contribution < -0.4 is 10.9 Å². The van der Waals surface area contributed by atoms with Gasteiger partial charge in [0.25, 0.3) is 11.5 Å². The molecule has 0 aliphatic carbocycles. The van der Waals surface area contributed by atoms with Crippen LogP contribution in [0.3, 0.4) is 0 Å². The molecular formula is C20H24N4O4S2. The van der Waals surface area contributed by atoms with Crippen LogP contribution in [0.1, 0.15) is 17.5 Å². The Bertz CT molecular complexity index is 1050. The van der Waals surface area contributed by atoms with Crippen LogP contribution in [-0.4, -0.2) is 65.0 Å². The smallest absolute Gasteiger partial charge is 0.267 e. The molecule has 2 aromatic rings. The number of aromatic nitrogens is 2. The molecule has 0 bridgehead atoms.